The highest BCUT2D eigenvalue weighted by Crippen LogP contribution is 2.27. The molecule has 3 aromatic heterocycles. The lowest BCUT2D eigenvalue weighted by Gasteiger charge is -2.06. The van der Waals surface area contributed by atoms with Crippen molar-refractivity contribution in [3.05, 3.63) is 35.8 Å². The van der Waals surface area contributed by atoms with Gasteiger partial charge in [0.2, 0.25) is 0 Å². The second-order valence-corrected chi connectivity index (χ2v) is 4.85. The third kappa shape index (κ3) is 1.91. The molecule has 0 spiro atoms. The zero-order valence-corrected chi connectivity index (χ0v) is 10.9. The second-order valence-electron chi connectivity index (χ2n) is 3.90. The minimum Gasteiger partial charge on any atom is -0.383 e. The van der Waals surface area contributed by atoms with Gasteiger partial charge < -0.3 is 9.30 Å². The maximum absolute atomic E-state index is 5.16. The Kier molecular flexibility index (Phi) is 3.08. The third-order valence-electron chi connectivity index (χ3n) is 2.76. The van der Waals surface area contributed by atoms with Crippen LogP contribution in [-0.2, 0) is 11.3 Å². The van der Waals surface area contributed by atoms with E-state index >= 15 is 0 Å². The van der Waals surface area contributed by atoms with E-state index in [1.165, 1.54) is 0 Å². The Labute approximate surface area is 109 Å². The van der Waals surface area contributed by atoms with Crippen molar-refractivity contribution in [2.24, 2.45) is 0 Å². The first-order chi connectivity index (χ1) is 8.90. The van der Waals surface area contributed by atoms with E-state index in [9.17, 15) is 0 Å². The van der Waals surface area contributed by atoms with Gasteiger partial charge in [0.1, 0.15) is 5.52 Å². The first-order valence-corrected chi connectivity index (χ1v) is 6.62. The summed E-state index contributed by atoms with van der Waals surface area (Å²) in [5, 5.41) is 2.06. The molecule has 0 aliphatic heterocycles. The molecule has 0 bridgehead atoms. The molecule has 0 saturated heterocycles. The van der Waals surface area contributed by atoms with Crippen molar-refractivity contribution in [3.63, 3.8) is 0 Å². The first-order valence-electron chi connectivity index (χ1n) is 5.74. The molecule has 0 atom stereocenters. The maximum Gasteiger partial charge on any atom is 0.160 e. The van der Waals surface area contributed by atoms with Gasteiger partial charge in [0.15, 0.2) is 11.5 Å². The van der Waals surface area contributed by atoms with Crippen LogP contribution >= 0.6 is 11.3 Å². The maximum atomic E-state index is 5.16. The largest absolute Gasteiger partial charge is 0.383 e. The van der Waals surface area contributed by atoms with Crippen LogP contribution in [0.3, 0.4) is 0 Å². The molecule has 0 radical (unpaired) electrons. The SMILES string of the molecule is COCCn1c(-c2cccs2)nc2cccnc21. The predicted molar refractivity (Wildman–Crippen MR) is 72.7 cm³/mol. The van der Waals surface area contributed by atoms with Gasteiger partial charge >= 0.3 is 0 Å². The molecule has 0 N–H and O–H groups in total. The summed E-state index contributed by atoms with van der Waals surface area (Å²) in [5.41, 5.74) is 1.84. The molecular formula is C13H13N3OS. The van der Waals surface area contributed by atoms with Gasteiger partial charge in [0.25, 0.3) is 0 Å². The molecule has 0 saturated carbocycles. The van der Waals surface area contributed by atoms with E-state index in [0.717, 1.165) is 28.4 Å². The Balaban J connectivity index is 2.17. The van der Waals surface area contributed by atoms with Crippen molar-refractivity contribution in [3.8, 4) is 10.7 Å². The van der Waals surface area contributed by atoms with E-state index in [-0.39, 0.29) is 0 Å². The van der Waals surface area contributed by atoms with Gasteiger partial charge in [-0.2, -0.15) is 0 Å². The Morgan fingerprint density at radius 1 is 1.33 bits per heavy atom. The lowest BCUT2D eigenvalue weighted by molar-refractivity contribution is 0.188. The van der Waals surface area contributed by atoms with Crippen LogP contribution in [0.4, 0.5) is 0 Å². The highest BCUT2D eigenvalue weighted by atomic mass is 32.1. The van der Waals surface area contributed by atoms with Gasteiger partial charge in [-0.1, -0.05) is 6.07 Å². The highest BCUT2D eigenvalue weighted by Gasteiger charge is 2.13. The Hall–Kier alpha value is -1.72. The summed E-state index contributed by atoms with van der Waals surface area (Å²) in [7, 11) is 1.71. The number of pyridine rings is 1. The molecule has 3 aromatic rings. The van der Waals surface area contributed by atoms with Crippen LogP contribution in [0.1, 0.15) is 0 Å². The lowest BCUT2D eigenvalue weighted by Crippen LogP contribution is -2.06. The zero-order valence-electron chi connectivity index (χ0n) is 10.0. The summed E-state index contributed by atoms with van der Waals surface area (Å²) in [6, 6.07) is 8.01. The van der Waals surface area contributed by atoms with Crippen LogP contribution in [0.2, 0.25) is 0 Å². The smallest absolute Gasteiger partial charge is 0.160 e. The van der Waals surface area contributed by atoms with Gasteiger partial charge in [-0.25, -0.2) is 9.97 Å². The average Bonchev–Trinajstić information content (AvgIpc) is 3.03. The molecule has 0 fully saturated rings. The van der Waals surface area contributed by atoms with E-state index in [1.54, 1.807) is 24.6 Å². The van der Waals surface area contributed by atoms with Crippen LogP contribution in [0, 0.1) is 0 Å². The molecule has 92 valence electrons. The van der Waals surface area contributed by atoms with E-state index in [4.69, 9.17) is 4.74 Å². The number of nitrogens with zero attached hydrogens (tertiary/aromatic N) is 3. The van der Waals surface area contributed by atoms with Crippen LogP contribution in [0.5, 0.6) is 0 Å². The van der Waals surface area contributed by atoms with E-state index < -0.39 is 0 Å². The Morgan fingerprint density at radius 2 is 2.28 bits per heavy atom. The fourth-order valence-corrected chi connectivity index (χ4v) is 2.67. The van der Waals surface area contributed by atoms with Crippen molar-refractivity contribution in [2.45, 2.75) is 6.54 Å². The van der Waals surface area contributed by atoms with Gasteiger partial charge in [0.05, 0.1) is 11.5 Å². The first kappa shape index (κ1) is 11.4. The lowest BCUT2D eigenvalue weighted by atomic mass is 10.4. The van der Waals surface area contributed by atoms with Crippen LogP contribution in [-0.4, -0.2) is 28.3 Å². The monoisotopic (exact) mass is 259 g/mol. The summed E-state index contributed by atoms with van der Waals surface area (Å²) in [4.78, 5) is 10.2. The highest BCUT2D eigenvalue weighted by molar-refractivity contribution is 7.13. The predicted octanol–water partition coefficient (Wildman–Crippen LogP) is 2.81. The third-order valence-corrected chi connectivity index (χ3v) is 3.63. The van der Waals surface area contributed by atoms with Crippen LogP contribution in [0.25, 0.3) is 21.9 Å². The van der Waals surface area contributed by atoms with Crippen molar-refractivity contribution >= 4 is 22.5 Å². The Bertz CT molecular complexity index is 645. The second kappa shape index (κ2) is 4.88. The molecule has 0 aliphatic carbocycles. The topological polar surface area (TPSA) is 39.9 Å². The van der Waals surface area contributed by atoms with Gasteiger partial charge in [-0.05, 0) is 23.6 Å². The number of hydrogen-bond donors (Lipinski definition) is 0. The molecule has 18 heavy (non-hydrogen) atoms. The molecule has 0 amide bonds. The molecule has 5 heteroatoms. The minimum absolute atomic E-state index is 0.653. The van der Waals surface area contributed by atoms with Crippen LogP contribution in [0.15, 0.2) is 35.8 Å². The van der Waals surface area contributed by atoms with Crippen molar-refractivity contribution in [2.75, 3.05) is 13.7 Å². The summed E-state index contributed by atoms with van der Waals surface area (Å²) >= 11 is 1.69. The quantitative estimate of drug-likeness (QED) is 0.723. The number of thiophene rings is 1. The van der Waals surface area contributed by atoms with Crippen molar-refractivity contribution in [1.29, 1.82) is 0 Å². The molecule has 0 aliphatic rings. The summed E-state index contributed by atoms with van der Waals surface area (Å²) in [5.74, 6) is 0.968. The number of methoxy groups -OCH3 is 1. The molecule has 4 nitrogen and oxygen atoms in total. The number of fused-ring (bicyclic) bond motifs is 1. The fourth-order valence-electron chi connectivity index (χ4n) is 1.95. The minimum atomic E-state index is 0.653. The number of rotatable bonds is 4. The standard InChI is InChI=1S/C13H13N3OS/c1-17-8-7-16-12-10(4-2-6-14-12)15-13(16)11-5-3-9-18-11/h2-6,9H,7-8H2,1H3. The van der Waals surface area contributed by atoms with Crippen molar-refractivity contribution in [1.82, 2.24) is 14.5 Å². The molecule has 0 aromatic carbocycles. The number of imidazole rings is 1. The summed E-state index contributed by atoms with van der Waals surface area (Å²) < 4.78 is 7.28. The number of hydrogen-bond acceptors (Lipinski definition) is 4. The molecule has 3 rings (SSSR count). The fraction of sp³-hybridized carbons (Fsp3) is 0.231. The number of ether oxygens (including phenoxy) is 1. The van der Waals surface area contributed by atoms with E-state index in [1.807, 2.05) is 18.2 Å². The molecule has 0 unspecified atom stereocenters. The van der Waals surface area contributed by atoms with Gasteiger partial charge in [0, 0.05) is 19.9 Å². The van der Waals surface area contributed by atoms with E-state index in [0.29, 0.717) is 6.61 Å². The Morgan fingerprint density at radius 3 is 3.06 bits per heavy atom. The van der Waals surface area contributed by atoms with Gasteiger partial charge in [-0.15, -0.1) is 11.3 Å². The summed E-state index contributed by atoms with van der Waals surface area (Å²) in [6.07, 6.45) is 1.80. The average molecular weight is 259 g/mol. The number of aromatic nitrogens is 3. The van der Waals surface area contributed by atoms with Crippen LogP contribution < -0.4 is 0 Å². The van der Waals surface area contributed by atoms with Crippen molar-refractivity contribution < 1.29 is 4.74 Å². The van der Waals surface area contributed by atoms with Gasteiger partial charge in [-0.3, -0.25) is 0 Å². The summed E-state index contributed by atoms with van der Waals surface area (Å²) in [6.45, 7) is 1.41. The van der Waals surface area contributed by atoms with E-state index in [2.05, 4.69) is 26.0 Å². The zero-order chi connectivity index (χ0) is 12.4. The normalized spacial score (nSPS) is 11.2. The molecule has 3 heterocycles. The molecular weight excluding hydrogens is 246 g/mol.